The van der Waals surface area contributed by atoms with Gasteiger partial charge >= 0.3 is 5.69 Å². The predicted octanol–water partition coefficient (Wildman–Crippen LogP) is 0.933. The van der Waals surface area contributed by atoms with Gasteiger partial charge < -0.3 is 5.11 Å². The minimum Gasteiger partial charge on any atom is -0.492 e. The van der Waals surface area contributed by atoms with Gasteiger partial charge in [0.05, 0.1) is 5.69 Å². The first-order valence-electron chi connectivity index (χ1n) is 5.38. The summed E-state index contributed by atoms with van der Waals surface area (Å²) in [6.45, 7) is 1.86. The molecule has 0 aliphatic carbocycles. The van der Waals surface area contributed by atoms with Crippen molar-refractivity contribution in [2.45, 2.75) is 13.3 Å². The monoisotopic (exact) mass is 250 g/mol. The van der Waals surface area contributed by atoms with Crippen LogP contribution in [0.25, 0.3) is 5.69 Å². The molecule has 2 N–H and O–H groups in total. The fraction of sp³-hybridized carbons (Fsp3) is 0.167. The first-order valence-corrected chi connectivity index (χ1v) is 5.38. The highest BCUT2D eigenvalue weighted by Crippen LogP contribution is 2.19. The molecule has 2 aromatic rings. The summed E-state index contributed by atoms with van der Waals surface area (Å²) in [5.74, 6) is -2.36. The Morgan fingerprint density at radius 2 is 2.00 bits per heavy atom. The van der Waals surface area contributed by atoms with E-state index >= 15 is 0 Å². The van der Waals surface area contributed by atoms with Crippen LogP contribution in [0.1, 0.15) is 12.5 Å². The van der Waals surface area contributed by atoms with Crippen molar-refractivity contribution in [3.05, 3.63) is 56.5 Å². The minimum absolute atomic E-state index is 0.345. The third-order valence-corrected chi connectivity index (χ3v) is 2.64. The fourth-order valence-electron chi connectivity index (χ4n) is 1.76. The summed E-state index contributed by atoms with van der Waals surface area (Å²) in [7, 11) is 0. The zero-order valence-electron chi connectivity index (χ0n) is 9.61. The van der Waals surface area contributed by atoms with Gasteiger partial charge in [-0.25, -0.2) is 9.36 Å². The standard InChI is InChI=1S/C12H11FN2O3/c1-2-7-5-3-4-6-8(7)15-11(17)9(13)10(16)14-12(15)18/h3-6,17H,2H2,1H3,(H,14,16,18). The molecule has 1 aromatic heterocycles. The van der Waals surface area contributed by atoms with E-state index in [0.717, 1.165) is 10.1 Å². The Morgan fingerprint density at radius 1 is 1.33 bits per heavy atom. The van der Waals surface area contributed by atoms with E-state index < -0.39 is 22.9 Å². The third kappa shape index (κ3) is 1.81. The summed E-state index contributed by atoms with van der Waals surface area (Å²) >= 11 is 0. The molecular formula is C12H11FN2O3. The second-order valence-corrected chi connectivity index (χ2v) is 3.71. The zero-order chi connectivity index (χ0) is 13.3. The van der Waals surface area contributed by atoms with Crippen LogP contribution >= 0.6 is 0 Å². The Labute approximate surface area is 101 Å². The lowest BCUT2D eigenvalue weighted by atomic mass is 10.1. The van der Waals surface area contributed by atoms with Gasteiger partial charge in [0.15, 0.2) is 0 Å². The lowest BCUT2D eigenvalue weighted by Gasteiger charge is -2.11. The Bertz CT molecular complexity index is 703. The quantitative estimate of drug-likeness (QED) is 0.832. The summed E-state index contributed by atoms with van der Waals surface area (Å²) in [5, 5.41) is 9.60. The van der Waals surface area contributed by atoms with Gasteiger partial charge in [0.25, 0.3) is 5.56 Å². The van der Waals surface area contributed by atoms with E-state index in [4.69, 9.17) is 0 Å². The van der Waals surface area contributed by atoms with Gasteiger partial charge in [-0.05, 0) is 18.1 Å². The molecule has 5 nitrogen and oxygen atoms in total. The van der Waals surface area contributed by atoms with E-state index in [1.165, 1.54) is 0 Å². The molecule has 0 aliphatic heterocycles. The van der Waals surface area contributed by atoms with E-state index in [1.54, 1.807) is 24.3 Å². The fourth-order valence-corrected chi connectivity index (χ4v) is 1.76. The van der Waals surface area contributed by atoms with Crippen LogP contribution in [0.2, 0.25) is 0 Å². The van der Waals surface area contributed by atoms with Crippen molar-refractivity contribution in [1.29, 1.82) is 0 Å². The topological polar surface area (TPSA) is 75.1 Å². The third-order valence-electron chi connectivity index (χ3n) is 2.64. The minimum atomic E-state index is -1.37. The maximum atomic E-state index is 13.3. The molecule has 0 unspecified atom stereocenters. The summed E-state index contributed by atoms with van der Waals surface area (Å²) in [5.41, 5.74) is -1.01. The number of rotatable bonds is 2. The molecule has 0 amide bonds. The Morgan fingerprint density at radius 3 is 2.67 bits per heavy atom. The molecule has 18 heavy (non-hydrogen) atoms. The molecule has 2 rings (SSSR count). The number of hydrogen-bond acceptors (Lipinski definition) is 3. The van der Waals surface area contributed by atoms with Crippen LogP contribution in [0.15, 0.2) is 33.9 Å². The Balaban J connectivity index is 2.84. The van der Waals surface area contributed by atoms with Gasteiger partial charge in [-0.2, -0.15) is 4.39 Å². The SMILES string of the molecule is CCc1ccccc1-n1c(O)c(F)c(=O)[nH]c1=O. The molecule has 0 radical (unpaired) electrons. The maximum absolute atomic E-state index is 13.3. The van der Waals surface area contributed by atoms with Crippen LogP contribution in [-0.2, 0) is 6.42 Å². The molecule has 0 spiro atoms. The average Bonchev–Trinajstić information content (AvgIpc) is 2.37. The van der Waals surface area contributed by atoms with Crippen molar-refractivity contribution in [1.82, 2.24) is 9.55 Å². The molecular weight excluding hydrogens is 239 g/mol. The largest absolute Gasteiger partial charge is 0.492 e. The number of halogens is 1. The van der Waals surface area contributed by atoms with Crippen LogP contribution in [0, 0.1) is 5.82 Å². The average molecular weight is 250 g/mol. The number of nitrogens with zero attached hydrogens (tertiary/aromatic N) is 1. The normalized spacial score (nSPS) is 10.6. The number of H-pyrrole nitrogens is 1. The van der Waals surface area contributed by atoms with Crippen LogP contribution in [-0.4, -0.2) is 14.7 Å². The molecule has 0 bridgehead atoms. The highest BCUT2D eigenvalue weighted by molar-refractivity contribution is 5.43. The second kappa shape index (κ2) is 4.48. The number of hydrogen-bond donors (Lipinski definition) is 2. The molecule has 94 valence electrons. The van der Waals surface area contributed by atoms with Gasteiger partial charge in [0.2, 0.25) is 11.7 Å². The van der Waals surface area contributed by atoms with Crippen molar-refractivity contribution in [3.63, 3.8) is 0 Å². The maximum Gasteiger partial charge on any atom is 0.335 e. The van der Waals surface area contributed by atoms with Crippen LogP contribution < -0.4 is 11.2 Å². The molecule has 1 heterocycles. The second-order valence-electron chi connectivity index (χ2n) is 3.71. The summed E-state index contributed by atoms with van der Waals surface area (Å²) in [4.78, 5) is 24.5. The van der Waals surface area contributed by atoms with Crippen molar-refractivity contribution in [2.75, 3.05) is 0 Å². The highest BCUT2D eigenvalue weighted by atomic mass is 19.1. The van der Waals surface area contributed by atoms with E-state index in [-0.39, 0.29) is 0 Å². The smallest absolute Gasteiger partial charge is 0.335 e. The van der Waals surface area contributed by atoms with Crippen LogP contribution in [0.4, 0.5) is 4.39 Å². The first-order chi connectivity index (χ1) is 8.56. The number of benzene rings is 1. The Kier molecular flexibility index (Phi) is 3.01. The zero-order valence-corrected chi connectivity index (χ0v) is 9.61. The van der Waals surface area contributed by atoms with E-state index in [2.05, 4.69) is 0 Å². The van der Waals surface area contributed by atoms with E-state index in [1.807, 2.05) is 11.9 Å². The van der Waals surface area contributed by atoms with Crippen molar-refractivity contribution < 1.29 is 9.50 Å². The molecule has 0 saturated heterocycles. The predicted molar refractivity (Wildman–Crippen MR) is 63.7 cm³/mol. The molecule has 0 fully saturated rings. The Hall–Kier alpha value is -2.37. The van der Waals surface area contributed by atoms with Crippen LogP contribution in [0.5, 0.6) is 5.88 Å². The van der Waals surface area contributed by atoms with Gasteiger partial charge in [0.1, 0.15) is 0 Å². The number of nitrogens with one attached hydrogen (secondary N) is 1. The van der Waals surface area contributed by atoms with Gasteiger partial charge in [0, 0.05) is 0 Å². The lowest BCUT2D eigenvalue weighted by Crippen LogP contribution is -2.31. The van der Waals surface area contributed by atoms with Gasteiger partial charge in [-0.3, -0.25) is 9.78 Å². The first kappa shape index (κ1) is 12.1. The van der Waals surface area contributed by atoms with Gasteiger partial charge in [-0.15, -0.1) is 0 Å². The number of aromatic nitrogens is 2. The molecule has 0 atom stereocenters. The van der Waals surface area contributed by atoms with E-state index in [0.29, 0.717) is 12.1 Å². The number of aromatic hydroxyl groups is 1. The summed E-state index contributed by atoms with van der Waals surface area (Å²) < 4.78 is 14.1. The van der Waals surface area contributed by atoms with Crippen molar-refractivity contribution in [3.8, 4) is 11.6 Å². The highest BCUT2D eigenvalue weighted by Gasteiger charge is 2.16. The molecule has 6 heteroatoms. The van der Waals surface area contributed by atoms with Crippen LogP contribution in [0.3, 0.4) is 0 Å². The molecule has 0 aliphatic rings. The van der Waals surface area contributed by atoms with Gasteiger partial charge in [-0.1, -0.05) is 25.1 Å². The van der Waals surface area contributed by atoms with E-state index in [9.17, 15) is 19.1 Å². The van der Waals surface area contributed by atoms with Crippen molar-refractivity contribution >= 4 is 0 Å². The molecule has 0 saturated carbocycles. The number of para-hydroxylation sites is 1. The summed E-state index contributed by atoms with van der Waals surface area (Å²) in [6.07, 6.45) is 0.600. The summed E-state index contributed by atoms with van der Waals surface area (Å²) in [6, 6.07) is 6.75. The number of aromatic amines is 1. The van der Waals surface area contributed by atoms with Crippen molar-refractivity contribution in [2.24, 2.45) is 0 Å². The lowest BCUT2D eigenvalue weighted by molar-refractivity contribution is 0.385. The number of aryl methyl sites for hydroxylation is 1. The molecule has 1 aromatic carbocycles.